The summed E-state index contributed by atoms with van der Waals surface area (Å²) in [5.41, 5.74) is 1.61. The Bertz CT molecular complexity index is 439. The standard InChI is InChI=1S/C18H33N3/c1-14(2)10-18(8-6-7-9-18)13-19-17-20-16(5)12-21(17)11-15(3)4/h12,14-15H,6-11,13H2,1-5H3,(H,19,20). The molecular formula is C18H33N3. The van der Waals surface area contributed by atoms with E-state index in [2.05, 4.69) is 55.7 Å². The quantitative estimate of drug-likeness (QED) is 0.777. The van der Waals surface area contributed by atoms with Crippen LogP contribution in [0.3, 0.4) is 0 Å². The van der Waals surface area contributed by atoms with E-state index in [1.807, 2.05) is 0 Å². The maximum absolute atomic E-state index is 4.69. The lowest BCUT2D eigenvalue weighted by molar-refractivity contribution is 0.252. The molecule has 0 atom stereocenters. The Hall–Kier alpha value is -0.990. The third kappa shape index (κ3) is 4.49. The van der Waals surface area contributed by atoms with Crippen molar-refractivity contribution >= 4 is 5.95 Å². The van der Waals surface area contributed by atoms with Crippen LogP contribution in [0.25, 0.3) is 0 Å². The Balaban J connectivity index is 2.03. The normalized spacial score (nSPS) is 17.9. The lowest BCUT2D eigenvalue weighted by Gasteiger charge is -2.31. The second-order valence-corrected chi connectivity index (χ2v) is 7.91. The van der Waals surface area contributed by atoms with E-state index in [9.17, 15) is 0 Å². The monoisotopic (exact) mass is 291 g/mol. The van der Waals surface area contributed by atoms with E-state index >= 15 is 0 Å². The van der Waals surface area contributed by atoms with E-state index in [0.29, 0.717) is 11.3 Å². The van der Waals surface area contributed by atoms with Gasteiger partial charge in [-0.25, -0.2) is 4.98 Å². The van der Waals surface area contributed by atoms with Crippen molar-refractivity contribution in [2.75, 3.05) is 11.9 Å². The van der Waals surface area contributed by atoms with Gasteiger partial charge < -0.3 is 9.88 Å². The minimum absolute atomic E-state index is 0.497. The number of aromatic nitrogens is 2. The highest BCUT2D eigenvalue weighted by Crippen LogP contribution is 2.43. The Kier molecular flexibility index (Phi) is 5.34. The predicted octanol–water partition coefficient (Wildman–Crippen LogP) is 4.87. The van der Waals surface area contributed by atoms with Gasteiger partial charge in [0.15, 0.2) is 0 Å². The molecule has 1 aliphatic rings. The van der Waals surface area contributed by atoms with E-state index in [0.717, 1.165) is 30.6 Å². The molecule has 0 unspecified atom stereocenters. The van der Waals surface area contributed by atoms with Crippen molar-refractivity contribution < 1.29 is 0 Å². The average molecular weight is 291 g/mol. The lowest BCUT2D eigenvalue weighted by atomic mass is 9.78. The summed E-state index contributed by atoms with van der Waals surface area (Å²) in [6, 6.07) is 0. The fourth-order valence-corrected chi connectivity index (χ4v) is 3.93. The molecule has 1 heterocycles. The largest absolute Gasteiger partial charge is 0.355 e. The summed E-state index contributed by atoms with van der Waals surface area (Å²) >= 11 is 0. The molecule has 120 valence electrons. The highest BCUT2D eigenvalue weighted by atomic mass is 15.2. The zero-order chi connectivity index (χ0) is 15.5. The molecule has 3 heteroatoms. The summed E-state index contributed by atoms with van der Waals surface area (Å²) in [5.74, 6) is 2.49. The molecule has 0 aliphatic heterocycles. The first-order valence-electron chi connectivity index (χ1n) is 8.68. The number of imidazole rings is 1. The fraction of sp³-hybridized carbons (Fsp3) is 0.833. The van der Waals surface area contributed by atoms with Crippen molar-refractivity contribution in [1.82, 2.24) is 9.55 Å². The molecule has 1 N–H and O–H groups in total. The first kappa shape index (κ1) is 16.4. The van der Waals surface area contributed by atoms with Crippen molar-refractivity contribution in [3.63, 3.8) is 0 Å². The van der Waals surface area contributed by atoms with Crippen LogP contribution in [0.2, 0.25) is 0 Å². The summed E-state index contributed by atoms with van der Waals surface area (Å²) in [5, 5.41) is 3.68. The SMILES string of the molecule is Cc1cn(CC(C)C)c(NCC2(CC(C)C)CCCC2)n1. The predicted molar refractivity (Wildman–Crippen MR) is 90.6 cm³/mol. The number of rotatable bonds is 7. The Morgan fingerprint density at radius 1 is 1.19 bits per heavy atom. The van der Waals surface area contributed by atoms with Gasteiger partial charge in [0.1, 0.15) is 0 Å². The van der Waals surface area contributed by atoms with Crippen LogP contribution < -0.4 is 5.32 Å². The van der Waals surface area contributed by atoms with Crippen LogP contribution in [0.1, 0.15) is 65.5 Å². The van der Waals surface area contributed by atoms with Crippen molar-refractivity contribution in [2.24, 2.45) is 17.3 Å². The van der Waals surface area contributed by atoms with Gasteiger partial charge in [-0.1, -0.05) is 40.5 Å². The summed E-state index contributed by atoms with van der Waals surface area (Å²) in [6.07, 6.45) is 9.06. The van der Waals surface area contributed by atoms with Crippen molar-refractivity contribution in [3.8, 4) is 0 Å². The first-order chi connectivity index (χ1) is 9.90. The molecule has 1 aliphatic carbocycles. The third-order valence-electron chi connectivity index (χ3n) is 4.59. The van der Waals surface area contributed by atoms with Gasteiger partial charge >= 0.3 is 0 Å². The Morgan fingerprint density at radius 2 is 1.86 bits per heavy atom. The van der Waals surface area contributed by atoms with E-state index < -0.39 is 0 Å². The van der Waals surface area contributed by atoms with Gasteiger partial charge in [-0.05, 0) is 43.4 Å². The van der Waals surface area contributed by atoms with E-state index in [-0.39, 0.29) is 0 Å². The molecule has 1 aromatic heterocycles. The summed E-state index contributed by atoms with van der Waals surface area (Å²) in [4.78, 5) is 4.69. The van der Waals surface area contributed by atoms with Gasteiger partial charge in [-0.2, -0.15) is 0 Å². The van der Waals surface area contributed by atoms with Gasteiger partial charge in [0.05, 0.1) is 5.69 Å². The molecule has 0 radical (unpaired) electrons. The number of nitrogens with zero attached hydrogens (tertiary/aromatic N) is 2. The Morgan fingerprint density at radius 3 is 2.43 bits per heavy atom. The molecule has 1 fully saturated rings. The molecule has 0 bridgehead atoms. The zero-order valence-corrected chi connectivity index (χ0v) is 14.6. The molecule has 21 heavy (non-hydrogen) atoms. The second-order valence-electron chi connectivity index (χ2n) is 7.91. The van der Waals surface area contributed by atoms with Crippen molar-refractivity contribution in [3.05, 3.63) is 11.9 Å². The third-order valence-corrected chi connectivity index (χ3v) is 4.59. The zero-order valence-electron chi connectivity index (χ0n) is 14.6. The first-order valence-corrected chi connectivity index (χ1v) is 8.68. The molecule has 3 nitrogen and oxygen atoms in total. The van der Waals surface area contributed by atoms with E-state index in [1.54, 1.807) is 0 Å². The molecule has 0 spiro atoms. The highest BCUT2D eigenvalue weighted by Gasteiger charge is 2.34. The summed E-state index contributed by atoms with van der Waals surface area (Å²) in [7, 11) is 0. The van der Waals surface area contributed by atoms with Crippen LogP contribution >= 0.6 is 0 Å². The summed E-state index contributed by atoms with van der Waals surface area (Å²) < 4.78 is 2.29. The van der Waals surface area contributed by atoms with E-state index in [4.69, 9.17) is 0 Å². The molecule has 2 rings (SSSR count). The minimum atomic E-state index is 0.497. The second kappa shape index (κ2) is 6.85. The molecule has 0 aromatic carbocycles. The highest BCUT2D eigenvalue weighted by molar-refractivity contribution is 5.29. The van der Waals surface area contributed by atoms with Crippen LogP contribution in [0.4, 0.5) is 5.95 Å². The molecule has 1 aromatic rings. The van der Waals surface area contributed by atoms with Gasteiger partial charge in [0.2, 0.25) is 5.95 Å². The maximum Gasteiger partial charge on any atom is 0.203 e. The van der Waals surface area contributed by atoms with Crippen LogP contribution in [0.5, 0.6) is 0 Å². The lowest BCUT2D eigenvalue weighted by Crippen LogP contribution is -2.29. The Labute approximate surface area is 130 Å². The van der Waals surface area contributed by atoms with Crippen LogP contribution in [0.15, 0.2) is 6.20 Å². The number of aryl methyl sites for hydroxylation is 1. The van der Waals surface area contributed by atoms with Gasteiger partial charge in [-0.3, -0.25) is 0 Å². The maximum atomic E-state index is 4.69. The smallest absolute Gasteiger partial charge is 0.203 e. The fourth-order valence-electron chi connectivity index (χ4n) is 3.93. The van der Waals surface area contributed by atoms with Crippen LogP contribution in [0, 0.1) is 24.2 Å². The average Bonchev–Trinajstić information content (AvgIpc) is 2.93. The van der Waals surface area contributed by atoms with Crippen molar-refractivity contribution in [2.45, 2.75) is 73.3 Å². The van der Waals surface area contributed by atoms with Crippen LogP contribution in [-0.4, -0.2) is 16.1 Å². The number of hydrogen-bond acceptors (Lipinski definition) is 2. The molecule has 0 amide bonds. The molecule has 0 saturated heterocycles. The molecular weight excluding hydrogens is 258 g/mol. The number of anilines is 1. The summed E-state index contributed by atoms with van der Waals surface area (Å²) in [6.45, 7) is 13.4. The van der Waals surface area contributed by atoms with E-state index in [1.165, 1.54) is 32.1 Å². The van der Waals surface area contributed by atoms with Gasteiger partial charge in [0, 0.05) is 19.3 Å². The van der Waals surface area contributed by atoms with Gasteiger partial charge in [-0.15, -0.1) is 0 Å². The molecule has 1 saturated carbocycles. The van der Waals surface area contributed by atoms with Crippen molar-refractivity contribution in [1.29, 1.82) is 0 Å². The minimum Gasteiger partial charge on any atom is -0.355 e. The number of nitrogens with one attached hydrogen (secondary N) is 1. The number of hydrogen-bond donors (Lipinski definition) is 1. The van der Waals surface area contributed by atoms with Crippen LogP contribution in [-0.2, 0) is 6.54 Å². The topological polar surface area (TPSA) is 29.9 Å². The van der Waals surface area contributed by atoms with Gasteiger partial charge in [0.25, 0.3) is 0 Å².